The highest BCUT2D eigenvalue weighted by molar-refractivity contribution is 5.36. The number of nitrogens with zero attached hydrogens (tertiary/aromatic N) is 1. The van der Waals surface area contributed by atoms with E-state index in [0.717, 1.165) is 24.5 Å². The molecule has 1 saturated heterocycles. The third kappa shape index (κ3) is 4.66. The molecule has 1 aromatic rings. The fraction of sp³-hybridized carbons (Fsp3) is 0.529. The van der Waals surface area contributed by atoms with Crippen LogP contribution >= 0.6 is 0 Å². The lowest BCUT2D eigenvalue weighted by Gasteiger charge is -2.17. The summed E-state index contributed by atoms with van der Waals surface area (Å²) >= 11 is 0. The topological polar surface area (TPSA) is 21.7 Å². The van der Waals surface area contributed by atoms with Crippen molar-refractivity contribution in [3.63, 3.8) is 0 Å². The van der Waals surface area contributed by atoms with Gasteiger partial charge in [-0.25, -0.2) is 0 Å². The summed E-state index contributed by atoms with van der Waals surface area (Å²) in [5.74, 6) is 0.943. The van der Waals surface area contributed by atoms with Gasteiger partial charge in [-0.05, 0) is 38.9 Å². The summed E-state index contributed by atoms with van der Waals surface area (Å²) in [4.78, 5) is 2.46. The van der Waals surface area contributed by atoms with Crippen LogP contribution in [-0.2, 0) is 11.3 Å². The van der Waals surface area contributed by atoms with Crippen LogP contribution in [0.4, 0.5) is 0 Å². The van der Waals surface area contributed by atoms with E-state index in [1.54, 1.807) is 6.08 Å². The van der Waals surface area contributed by atoms with Crippen LogP contribution in [0.1, 0.15) is 24.0 Å². The zero-order chi connectivity index (χ0) is 14.2. The van der Waals surface area contributed by atoms with Crippen molar-refractivity contribution in [2.45, 2.75) is 26.4 Å². The maximum absolute atomic E-state index is 5.94. The Bertz CT molecular complexity index is 425. The molecule has 0 radical (unpaired) electrons. The molecule has 1 aliphatic rings. The third-order valence-electron chi connectivity index (χ3n) is 3.57. The Morgan fingerprint density at radius 2 is 2.10 bits per heavy atom. The fourth-order valence-corrected chi connectivity index (χ4v) is 2.50. The number of hydrogen-bond donors (Lipinski definition) is 0. The van der Waals surface area contributed by atoms with Crippen molar-refractivity contribution >= 4 is 0 Å². The third-order valence-corrected chi connectivity index (χ3v) is 3.57. The second kappa shape index (κ2) is 8.08. The molecule has 2 rings (SSSR count). The zero-order valence-corrected chi connectivity index (χ0v) is 12.4. The van der Waals surface area contributed by atoms with Crippen molar-refractivity contribution < 1.29 is 9.47 Å². The number of rotatable bonds is 8. The van der Waals surface area contributed by atoms with Crippen molar-refractivity contribution in [3.05, 3.63) is 42.0 Å². The molecule has 110 valence electrons. The molecule has 1 heterocycles. The highest BCUT2D eigenvalue weighted by Gasteiger charge is 2.11. The van der Waals surface area contributed by atoms with Gasteiger partial charge in [0.15, 0.2) is 0 Å². The van der Waals surface area contributed by atoms with E-state index in [-0.39, 0.29) is 0 Å². The SMILES string of the molecule is C=CCOCc1cc(C)ccc1OCCN1CCCC1. The van der Waals surface area contributed by atoms with Gasteiger partial charge in [0.2, 0.25) is 0 Å². The Morgan fingerprint density at radius 1 is 1.30 bits per heavy atom. The van der Waals surface area contributed by atoms with Crippen LogP contribution in [0.3, 0.4) is 0 Å². The number of benzene rings is 1. The first-order chi connectivity index (χ1) is 9.79. The maximum atomic E-state index is 5.94. The summed E-state index contributed by atoms with van der Waals surface area (Å²) in [6.45, 7) is 11.1. The molecule has 0 bridgehead atoms. The first kappa shape index (κ1) is 15.1. The standard InChI is InChI=1S/C17H25NO2/c1-3-11-19-14-16-13-15(2)6-7-17(16)20-12-10-18-8-4-5-9-18/h3,6-7,13H,1,4-5,8-12,14H2,2H3. The molecule has 1 fully saturated rings. The Morgan fingerprint density at radius 3 is 2.85 bits per heavy atom. The van der Waals surface area contributed by atoms with Gasteiger partial charge in [-0.1, -0.05) is 23.8 Å². The van der Waals surface area contributed by atoms with Crippen LogP contribution in [-0.4, -0.2) is 37.7 Å². The molecule has 3 heteroatoms. The summed E-state index contributed by atoms with van der Waals surface area (Å²) in [6, 6.07) is 6.27. The molecule has 0 amide bonds. The van der Waals surface area contributed by atoms with E-state index in [4.69, 9.17) is 9.47 Å². The lowest BCUT2D eigenvalue weighted by molar-refractivity contribution is 0.144. The lowest BCUT2D eigenvalue weighted by atomic mass is 10.1. The molecule has 0 N–H and O–H groups in total. The fourth-order valence-electron chi connectivity index (χ4n) is 2.50. The monoisotopic (exact) mass is 275 g/mol. The maximum Gasteiger partial charge on any atom is 0.124 e. The van der Waals surface area contributed by atoms with E-state index in [2.05, 4.69) is 30.5 Å². The predicted molar refractivity (Wildman–Crippen MR) is 82.2 cm³/mol. The molecule has 1 aliphatic heterocycles. The molecule has 0 aromatic heterocycles. The van der Waals surface area contributed by atoms with E-state index < -0.39 is 0 Å². The second-order valence-electron chi connectivity index (χ2n) is 5.31. The molecule has 0 atom stereocenters. The van der Waals surface area contributed by atoms with E-state index in [0.29, 0.717) is 13.2 Å². The van der Waals surface area contributed by atoms with Gasteiger partial charge in [0.05, 0.1) is 13.2 Å². The highest BCUT2D eigenvalue weighted by Crippen LogP contribution is 2.21. The quantitative estimate of drug-likeness (QED) is 0.537. The van der Waals surface area contributed by atoms with Gasteiger partial charge in [-0.15, -0.1) is 6.58 Å². The van der Waals surface area contributed by atoms with E-state index in [1.165, 1.54) is 31.5 Å². The number of likely N-dealkylation sites (tertiary alicyclic amines) is 1. The van der Waals surface area contributed by atoms with E-state index in [1.807, 2.05) is 6.07 Å². The highest BCUT2D eigenvalue weighted by atomic mass is 16.5. The van der Waals surface area contributed by atoms with Crippen molar-refractivity contribution in [2.75, 3.05) is 32.8 Å². The minimum absolute atomic E-state index is 0.571. The first-order valence-corrected chi connectivity index (χ1v) is 7.43. The molecule has 3 nitrogen and oxygen atoms in total. The lowest BCUT2D eigenvalue weighted by Crippen LogP contribution is -2.25. The molecule has 0 unspecified atom stereocenters. The predicted octanol–water partition coefficient (Wildman–Crippen LogP) is 3.17. The molecule has 1 aromatic carbocycles. The summed E-state index contributed by atoms with van der Waals surface area (Å²) in [6.07, 6.45) is 4.42. The van der Waals surface area contributed by atoms with Crippen molar-refractivity contribution in [2.24, 2.45) is 0 Å². The van der Waals surface area contributed by atoms with Gasteiger partial charge >= 0.3 is 0 Å². The molecule has 0 aliphatic carbocycles. The average Bonchev–Trinajstić information content (AvgIpc) is 2.95. The van der Waals surface area contributed by atoms with E-state index in [9.17, 15) is 0 Å². The van der Waals surface area contributed by atoms with Crippen molar-refractivity contribution in [3.8, 4) is 5.75 Å². The zero-order valence-electron chi connectivity index (χ0n) is 12.4. The number of hydrogen-bond acceptors (Lipinski definition) is 3. The number of aryl methyl sites for hydroxylation is 1. The van der Waals surface area contributed by atoms with Gasteiger partial charge in [0.1, 0.15) is 12.4 Å². The summed E-state index contributed by atoms with van der Waals surface area (Å²) in [5.41, 5.74) is 2.35. The molecule has 20 heavy (non-hydrogen) atoms. The summed E-state index contributed by atoms with van der Waals surface area (Å²) < 4.78 is 11.5. The van der Waals surface area contributed by atoms with Gasteiger partial charge in [-0.3, -0.25) is 4.90 Å². The van der Waals surface area contributed by atoms with Gasteiger partial charge < -0.3 is 9.47 Å². The molecule has 0 spiro atoms. The smallest absolute Gasteiger partial charge is 0.124 e. The van der Waals surface area contributed by atoms with Crippen molar-refractivity contribution in [1.29, 1.82) is 0 Å². The summed E-state index contributed by atoms with van der Waals surface area (Å²) in [7, 11) is 0. The van der Waals surface area contributed by atoms with Crippen LogP contribution in [0.5, 0.6) is 5.75 Å². The Hall–Kier alpha value is -1.32. The molecule has 0 saturated carbocycles. The Balaban J connectivity index is 1.86. The minimum Gasteiger partial charge on any atom is -0.492 e. The van der Waals surface area contributed by atoms with Gasteiger partial charge in [0, 0.05) is 12.1 Å². The minimum atomic E-state index is 0.571. The van der Waals surface area contributed by atoms with Crippen LogP contribution in [0.25, 0.3) is 0 Å². The molecular weight excluding hydrogens is 250 g/mol. The van der Waals surface area contributed by atoms with Gasteiger partial charge in [-0.2, -0.15) is 0 Å². The van der Waals surface area contributed by atoms with E-state index >= 15 is 0 Å². The van der Waals surface area contributed by atoms with Gasteiger partial charge in [0.25, 0.3) is 0 Å². The number of ether oxygens (including phenoxy) is 2. The average molecular weight is 275 g/mol. The molecular formula is C17H25NO2. The first-order valence-electron chi connectivity index (χ1n) is 7.43. The second-order valence-corrected chi connectivity index (χ2v) is 5.31. The van der Waals surface area contributed by atoms with Crippen LogP contribution in [0.15, 0.2) is 30.9 Å². The Kier molecular flexibility index (Phi) is 6.09. The van der Waals surface area contributed by atoms with Crippen LogP contribution in [0.2, 0.25) is 0 Å². The summed E-state index contributed by atoms with van der Waals surface area (Å²) in [5, 5.41) is 0. The van der Waals surface area contributed by atoms with Crippen LogP contribution < -0.4 is 4.74 Å². The Labute approximate surface area is 122 Å². The largest absolute Gasteiger partial charge is 0.492 e. The van der Waals surface area contributed by atoms with Crippen LogP contribution in [0, 0.1) is 6.92 Å². The normalized spacial score (nSPS) is 15.4. The van der Waals surface area contributed by atoms with Crippen molar-refractivity contribution in [1.82, 2.24) is 4.90 Å².